The summed E-state index contributed by atoms with van der Waals surface area (Å²) in [7, 11) is 1.90. The summed E-state index contributed by atoms with van der Waals surface area (Å²) >= 11 is 0. The van der Waals surface area contributed by atoms with Gasteiger partial charge in [-0.2, -0.15) is 0 Å². The van der Waals surface area contributed by atoms with Crippen LogP contribution in [0.25, 0.3) is 0 Å². The highest BCUT2D eigenvalue weighted by Crippen LogP contribution is 2.16. The molecule has 1 saturated heterocycles. The van der Waals surface area contributed by atoms with Gasteiger partial charge in [0.15, 0.2) is 0 Å². The molecule has 1 aliphatic heterocycles. The lowest BCUT2D eigenvalue weighted by Gasteiger charge is -2.33. The minimum absolute atomic E-state index is 0.126. The van der Waals surface area contributed by atoms with Crippen LogP contribution in [0.3, 0.4) is 0 Å². The molecule has 2 atom stereocenters. The molecule has 0 saturated carbocycles. The van der Waals surface area contributed by atoms with E-state index in [2.05, 4.69) is 10.6 Å². The lowest BCUT2D eigenvalue weighted by molar-refractivity contribution is -0.140. The molecular formula is C13H25N3O3. The third-order valence-electron chi connectivity index (χ3n) is 3.51. The molecule has 0 aromatic rings. The third kappa shape index (κ3) is 4.70. The van der Waals surface area contributed by atoms with E-state index < -0.39 is 12.0 Å². The number of hydrogen-bond donors (Lipinski definition) is 3. The number of piperidine rings is 1. The molecule has 0 spiro atoms. The van der Waals surface area contributed by atoms with Gasteiger partial charge in [-0.1, -0.05) is 13.8 Å². The molecular weight excluding hydrogens is 246 g/mol. The Bertz CT molecular complexity index is 318. The summed E-state index contributed by atoms with van der Waals surface area (Å²) in [4.78, 5) is 24.9. The van der Waals surface area contributed by atoms with E-state index in [-0.39, 0.29) is 11.9 Å². The maximum Gasteiger partial charge on any atom is 0.326 e. The van der Waals surface area contributed by atoms with Crippen molar-refractivity contribution in [1.29, 1.82) is 0 Å². The van der Waals surface area contributed by atoms with Gasteiger partial charge < -0.3 is 20.6 Å². The van der Waals surface area contributed by atoms with Gasteiger partial charge >= 0.3 is 12.0 Å². The molecule has 0 radical (unpaired) electrons. The molecule has 3 N–H and O–H groups in total. The molecule has 1 unspecified atom stereocenters. The van der Waals surface area contributed by atoms with Crippen LogP contribution < -0.4 is 10.6 Å². The average molecular weight is 271 g/mol. The van der Waals surface area contributed by atoms with Gasteiger partial charge in [0.25, 0.3) is 0 Å². The van der Waals surface area contributed by atoms with Crippen molar-refractivity contribution in [2.24, 2.45) is 11.8 Å². The average Bonchev–Trinajstić information content (AvgIpc) is 2.35. The first-order valence-electron chi connectivity index (χ1n) is 6.88. The van der Waals surface area contributed by atoms with Crippen LogP contribution in [0.15, 0.2) is 0 Å². The third-order valence-corrected chi connectivity index (χ3v) is 3.51. The summed E-state index contributed by atoms with van der Waals surface area (Å²) in [6, 6.07) is -1.08. The fourth-order valence-electron chi connectivity index (χ4n) is 2.44. The van der Waals surface area contributed by atoms with Crippen molar-refractivity contribution >= 4 is 12.0 Å². The highest BCUT2D eigenvalue weighted by Gasteiger charge is 2.28. The number of urea groups is 1. The SMILES string of the molecule is CNCC1CCCN(C(=O)N[C@@H](C(=O)O)C(C)C)C1. The number of carbonyl (C=O) groups is 2. The molecule has 1 fully saturated rings. The van der Waals surface area contributed by atoms with Gasteiger partial charge in [-0.05, 0) is 38.3 Å². The molecule has 0 aromatic heterocycles. The van der Waals surface area contributed by atoms with E-state index in [0.717, 1.165) is 19.4 Å². The van der Waals surface area contributed by atoms with Gasteiger partial charge in [0.1, 0.15) is 6.04 Å². The van der Waals surface area contributed by atoms with Gasteiger partial charge in [0.2, 0.25) is 0 Å². The maximum absolute atomic E-state index is 12.1. The van der Waals surface area contributed by atoms with Crippen molar-refractivity contribution in [2.45, 2.75) is 32.7 Å². The van der Waals surface area contributed by atoms with Crippen LogP contribution >= 0.6 is 0 Å². The first-order valence-corrected chi connectivity index (χ1v) is 6.88. The van der Waals surface area contributed by atoms with E-state index in [0.29, 0.717) is 19.0 Å². The zero-order chi connectivity index (χ0) is 14.4. The Balaban J connectivity index is 2.54. The number of carboxylic acid groups (broad SMARTS) is 1. The summed E-state index contributed by atoms with van der Waals surface area (Å²) in [5.74, 6) is -0.654. The Labute approximate surface area is 114 Å². The number of likely N-dealkylation sites (tertiary alicyclic amines) is 1. The number of carbonyl (C=O) groups excluding carboxylic acids is 1. The lowest BCUT2D eigenvalue weighted by Crippen LogP contribution is -2.53. The molecule has 0 bridgehead atoms. The monoisotopic (exact) mass is 271 g/mol. The van der Waals surface area contributed by atoms with Crippen molar-refractivity contribution in [3.8, 4) is 0 Å². The fourth-order valence-corrected chi connectivity index (χ4v) is 2.44. The summed E-state index contributed by atoms with van der Waals surface area (Å²) in [6.45, 7) is 5.86. The molecule has 1 rings (SSSR count). The van der Waals surface area contributed by atoms with Crippen LogP contribution in [0.2, 0.25) is 0 Å². The van der Waals surface area contributed by atoms with Crippen LogP contribution in [0.5, 0.6) is 0 Å². The lowest BCUT2D eigenvalue weighted by atomic mass is 9.98. The summed E-state index contributed by atoms with van der Waals surface area (Å²) in [5.41, 5.74) is 0. The Morgan fingerprint density at radius 3 is 2.63 bits per heavy atom. The van der Waals surface area contributed by atoms with E-state index >= 15 is 0 Å². The summed E-state index contributed by atoms with van der Waals surface area (Å²) < 4.78 is 0. The second-order valence-electron chi connectivity index (χ2n) is 5.52. The van der Waals surface area contributed by atoms with E-state index in [1.54, 1.807) is 18.7 Å². The molecule has 0 aliphatic carbocycles. The van der Waals surface area contributed by atoms with E-state index in [4.69, 9.17) is 5.11 Å². The number of hydrogen-bond acceptors (Lipinski definition) is 3. The van der Waals surface area contributed by atoms with E-state index in [1.165, 1.54) is 0 Å². The second-order valence-corrected chi connectivity index (χ2v) is 5.52. The molecule has 19 heavy (non-hydrogen) atoms. The van der Waals surface area contributed by atoms with E-state index in [9.17, 15) is 9.59 Å². The van der Waals surface area contributed by atoms with Crippen LogP contribution in [-0.4, -0.2) is 54.7 Å². The number of rotatable bonds is 5. The largest absolute Gasteiger partial charge is 0.480 e. The normalized spacial score (nSPS) is 21.3. The topological polar surface area (TPSA) is 81.7 Å². The Hall–Kier alpha value is -1.30. The van der Waals surface area contributed by atoms with Crippen molar-refractivity contribution in [3.63, 3.8) is 0 Å². The number of nitrogens with one attached hydrogen (secondary N) is 2. The van der Waals surface area contributed by atoms with Crippen LogP contribution in [-0.2, 0) is 4.79 Å². The number of aliphatic carboxylic acids is 1. The van der Waals surface area contributed by atoms with Crippen LogP contribution in [0.4, 0.5) is 4.79 Å². The van der Waals surface area contributed by atoms with Crippen LogP contribution in [0.1, 0.15) is 26.7 Å². The van der Waals surface area contributed by atoms with Gasteiger partial charge in [-0.25, -0.2) is 9.59 Å². The first-order chi connectivity index (χ1) is 8.95. The van der Waals surface area contributed by atoms with Gasteiger partial charge in [-0.3, -0.25) is 0 Å². The maximum atomic E-state index is 12.1. The molecule has 110 valence electrons. The smallest absolute Gasteiger partial charge is 0.326 e. The highest BCUT2D eigenvalue weighted by molar-refractivity contribution is 5.82. The zero-order valence-corrected chi connectivity index (χ0v) is 12.0. The van der Waals surface area contributed by atoms with Gasteiger partial charge in [0, 0.05) is 13.1 Å². The minimum atomic E-state index is -0.980. The molecule has 1 aliphatic rings. The van der Waals surface area contributed by atoms with Crippen molar-refractivity contribution < 1.29 is 14.7 Å². The molecule has 1 heterocycles. The van der Waals surface area contributed by atoms with Gasteiger partial charge in [-0.15, -0.1) is 0 Å². The van der Waals surface area contributed by atoms with Crippen molar-refractivity contribution in [2.75, 3.05) is 26.7 Å². The number of carboxylic acids is 1. The van der Waals surface area contributed by atoms with Crippen molar-refractivity contribution in [3.05, 3.63) is 0 Å². The Kier molecular flexibility index (Phi) is 6.08. The number of nitrogens with zero attached hydrogens (tertiary/aromatic N) is 1. The standard InChI is InChI=1S/C13H25N3O3/c1-9(2)11(12(17)18)15-13(19)16-6-4-5-10(8-16)7-14-3/h9-11,14H,4-8H2,1-3H3,(H,15,19)(H,17,18)/t10?,11-/m1/s1. The summed E-state index contributed by atoms with van der Waals surface area (Å²) in [5, 5.41) is 14.8. The molecule has 0 aromatic carbocycles. The van der Waals surface area contributed by atoms with E-state index in [1.807, 2.05) is 7.05 Å². The molecule has 6 nitrogen and oxygen atoms in total. The molecule has 2 amide bonds. The Morgan fingerprint density at radius 2 is 2.11 bits per heavy atom. The van der Waals surface area contributed by atoms with Crippen LogP contribution in [0, 0.1) is 11.8 Å². The van der Waals surface area contributed by atoms with Crippen molar-refractivity contribution in [1.82, 2.24) is 15.5 Å². The summed E-state index contributed by atoms with van der Waals surface area (Å²) in [6.07, 6.45) is 2.08. The van der Waals surface area contributed by atoms with Gasteiger partial charge in [0.05, 0.1) is 0 Å². The minimum Gasteiger partial charge on any atom is -0.480 e. The Morgan fingerprint density at radius 1 is 1.42 bits per heavy atom. The quantitative estimate of drug-likeness (QED) is 0.689. The highest BCUT2D eigenvalue weighted by atomic mass is 16.4. The fraction of sp³-hybridized carbons (Fsp3) is 0.846. The predicted molar refractivity (Wildman–Crippen MR) is 73.0 cm³/mol. The second kappa shape index (κ2) is 7.33. The first kappa shape index (κ1) is 15.8. The predicted octanol–water partition coefficient (Wildman–Crippen LogP) is 0.737. The molecule has 6 heteroatoms. The zero-order valence-electron chi connectivity index (χ0n) is 12.0. The number of amides is 2.